The number of rotatable bonds is 9. The number of thioether (sulfide) groups is 1. The molecule has 1 atom stereocenters. The van der Waals surface area contributed by atoms with Crippen LogP contribution in [0, 0.1) is 0 Å². The molecule has 6 nitrogen and oxygen atoms in total. The third-order valence-electron chi connectivity index (χ3n) is 5.58. The Hall–Kier alpha value is -1.83. The first-order valence-electron chi connectivity index (χ1n) is 10.1. The van der Waals surface area contributed by atoms with E-state index in [1.165, 1.54) is 24.0 Å². The normalized spacial score (nSPS) is 17.5. The summed E-state index contributed by atoms with van der Waals surface area (Å²) in [7, 11) is 5.60. The summed E-state index contributed by atoms with van der Waals surface area (Å²) in [6.07, 6.45) is 9.40. The van der Waals surface area contributed by atoms with Crippen molar-refractivity contribution < 1.29 is 9.47 Å². The van der Waals surface area contributed by atoms with Crippen molar-refractivity contribution in [2.75, 3.05) is 47.2 Å². The summed E-state index contributed by atoms with van der Waals surface area (Å²) in [5.41, 5.74) is 2.46. The Morgan fingerprint density at radius 3 is 2.59 bits per heavy atom. The molecule has 1 saturated heterocycles. The smallest absolute Gasteiger partial charge is 0.187 e. The fraction of sp³-hybridized carbons (Fsp3) is 0.545. The first-order valence-corrected chi connectivity index (χ1v) is 11.3. The van der Waals surface area contributed by atoms with E-state index in [0.29, 0.717) is 6.04 Å². The molecule has 1 aromatic carbocycles. The van der Waals surface area contributed by atoms with Gasteiger partial charge in [-0.3, -0.25) is 4.90 Å². The fourth-order valence-corrected chi connectivity index (χ4v) is 4.16. The molecule has 1 aliphatic rings. The maximum atomic E-state index is 5.43. The van der Waals surface area contributed by atoms with Crippen LogP contribution in [-0.2, 0) is 13.0 Å². The molecule has 3 rings (SSSR count). The summed E-state index contributed by atoms with van der Waals surface area (Å²) in [5, 5.41) is 0.833. The average molecular weight is 417 g/mol. The number of hydrogen-bond donors (Lipinski definition) is 0. The number of likely N-dealkylation sites (tertiary alicyclic amines) is 1. The number of methoxy groups -OCH3 is 2. The van der Waals surface area contributed by atoms with Crippen molar-refractivity contribution in [3.63, 3.8) is 0 Å². The van der Waals surface area contributed by atoms with Crippen LogP contribution in [0.1, 0.15) is 24.0 Å². The number of benzene rings is 1. The van der Waals surface area contributed by atoms with E-state index in [0.717, 1.165) is 49.3 Å². The van der Waals surface area contributed by atoms with Gasteiger partial charge in [0.25, 0.3) is 0 Å². The van der Waals surface area contributed by atoms with E-state index >= 15 is 0 Å². The van der Waals surface area contributed by atoms with Crippen LogP contribution >= 0.6 is 11.8 Å². The molecule has 1 aliphatic heterocycles. The van der Waals surface area contributed by atoms with E-state index in [-0.39, 0.29) is 0 Å². The van der Waals surface area contributed by atoms with Gasteiger partial charge in [0.15, 0.2) is 16.7 Å². The zero-order valence-corrected chi connectivity index (χ0v) is 18.7. The first-order chi connectivity index (χ1) is 14.1. The van der Waals surface area contributed by atoms with Gasteiger partial charge in [0.05, 0.1) is 14.2 Å². The minimum atomic E-state index is 0.579. The number of aromatic nitrogens is 2. The summed E-state index contributed by atoms with van der Waals surface area (Å²) < 4.78 is 10.8. The molecule has 2 aromatic rings. The molecule has 1 fully saturated rings. The van der Waals surface area contributed by atoms with Gasteiger partial charge >= 0.3 is 0 Å². The van der Waals surface area contributed by atoms with Crippen molar-refractivity contribution in [1.29, 1.82) is 0 Å². The maximum Gasteiger partial charge on any atom is 0.187 e. The first kappa shape index (κ1) is 21.9. The lowest BCUT2D eigenvalue weighted by molar-refractivity contribution is 0.112. The highest BCUT2D eigenvalue weighted by molar-refractivity contribution is 7.98. The Morgan fingerprint density at radius 2 is 1.90 bits per heavy atom. The highest BCUT2D eigenvalue weighted by Gasteiger charge is 2.23. The SMILES string of the molecule is COc1ccc(CCN(C)C2CCCN(Cc3cnc(SC)nc3)C2)cc1OC. The summed E-state index contributed by atoms with van der Waals surface area (Å²) >= 11 is 1.58. The Labute approximate surface area is 178 Å². The summed E-state index contributed by atoms with van der Waals surface area (Å²) in [4.78, 5) is 13.8. The van der Waals surface area contributed by atoms with Crippen LogP contribution in [0.5, 0.6) is 11.5 Å². The van der Waals surface area contributed by atoms with Gasteiger partial charge in [-0.25, -0.2) is 9.97 Å². The topological polar surface area (TPSA) is 50.7 Å². The van der Waals surface area contributed by atoms with E-state index in [2.05, 4.69) is 38.9 Å². The van der Waals surface area contributed by atoms with Crippen LogP contribution in [0.4, 0.5) is 0 Å². The van der Waals surface area contributed by atoms with E-state index < -0.39 is 0 Å². The van der Waals surface area contributed by atoms with E-state index in [4.69, 9.17) is 9.47 Å². The van der Waals surface area contributed by atoms with Gasteiger partial charge in [0.1, 0.15) is 0 Å². The molecular formula is C22H32N4O2S. The zero-order chi connectivity index (χ0) is 20.6. The zero-order valence-electron chi connectivity index (χ0n) is 17.9. The molecule has 7 heteroatoms. The summed E-state index contributed by atoms with van der Waals surface area (Å²) in [6.45, 7) is 4.19. The maximum absolute atomic E-state index is 5.43. The van der Waals surface area contributed by atoms with Crippen molar-refractivity contribution in [1.82, 2.24) is 19.8 Å². The van der Waals surface area contributed by atoms with Crippen LogP contribution in [0.2, 0.25) is 0 Å². The van der Waals surface area contributed by atoms with Crippen molar-refractivity contribution in [2.24, 2.45) is 0 Å². The fourth-order valence-electron chi connectivity index (χ4n) is 3.85. The monoisotopic (exact) mass is 416 g/mol. The predicted octanol–water partition coefficient (Wildman–Crippen LogP) is 3.35. The van der Waals surface area contributed by atoms with Gasteiger partial charge in [-0.1, -0.05) is 17.8 Å². The number of nitrogens with zero attached hydrogens (tertiary/aromatic N) is 4. The van der Waals surface area contributed by atoms with Crippen LogP contribution < -0.4 is 9.47 Å². The Bertz CT molecular complexity index is 772. The second-order valence-electron chi connectivity index (χ2n) is 7.53. The Balaban J connectivity index is 1.51. The molecule has 1 unspecified atom stereocenters. The second kappa shape index (κ2) is 10.8. The second-order valence-corrected chi connectivity index (χ2v) is 8.30. The molecule has 0 aliphatic carbocycles. The van der Waals surface area contributed by atoms with E-state index in [1.54, 1.807) is 26.0 Å². The third kappa shape index (κ3) is 6.07. The van der Waals surface area contributed by atoms with Crippen LogP contribution in [0.3, 0.4) is 0 Å². The number of piperidine rings is 1. The van der Waals surface area contributed by atoms with Gasteiger partial charge < -0.3 is 14.4 Å². The van der Waals surface area contributed by atoms with E-state index in [9.17, 15) is 0 Å². The van der Waals surface area contributed by atoms with Gasteiger partial charge in [-0.2, -0.15) is 0 Å². The number of ether oxygens (including phenoxy) is 2. The van der Waals surface area contributed by atoms with Gasteiger partial charge in [-0.15, -0.1) is 0 Å². The van der Waals surface area contributed by atoms with Crippen molar-refractivity contribution in [3.05, 3.63) is 41.7 Å². The number of hydrogen-bond acceptors (Lipinski definition) is 7. The van der Waals surface area contributed by atoms with Crippen molar-refractivity contribution in [3.8, 4) is 11.5 Å². The van der Waals surface area contributed by atoms with Crippen LogP contribution in [-0.4, -0.2) is 73.0 Å². The lowest BCUT2D eigenvalue weighted by Gasteiger charge is -2.37. The van der Waals surface area contributed by atoms with E-state index in [1.807, 2.05) is 24.7 Å². The molecular weight excluding hydrogens is 384 g/mol. The summed E-state index contributed by atoms with van der Waals surface area (Å²) in [5.74, 6) is 1.58. The number of likely N-dealkylation sites (N-methyl/N-ethyl adjacent to an activating group) is 1. The van der Waals surface area contributed by atoms with Gasteiger partial charge in [0, 0.05) is 43.6 Å². The molecule has 0 radical (unpaired) electrons. The molecule has 0 N–H and O–H groups in total. The highest BCUT2D eigenvalue weighted by atomic mass is 32.2. The van der Waals surface area contributed by atoms with Crippen molar-refractivity contribution >= 4 is 11.8 Å². The molecule has 0 spiro atoms. The van der Waals surface area contributed by atoms with Gasteiger partial charge in [-0.05, 0) is 56.8 Å². The molecule has 0 saturated carbocycles. The Morgan fingerprint density at radius 1 is 1.14 bits per heavy atom. The molecule has 2 heterocycles. The minimum Gasteiger partial charge on any atom is -0.493 e. The predicted molar refractivity (Wildman–Crippen MR) is 118 cm³/mol. The lowest BCUT2D eigenvalue weighted by atomic mass is 10.0. The van der Waals surface area contributed by atoms with Gasteiger partial charge in [0.2, 0.25) is 0 Å². The molecule has 0 amide bonds. The largest absolute Gasteiger partial charge is 0.493 e. The lowest BCUT2D eigenvalue weighted by Crippen LogP contribution is -2.46. The molecule has 1 aromatic heterocycles. The minimum absolute atomic E-state index is 0.579. The standard InChI is InChI=1S/C22H32N4O2S/c1-25(11-9-17-7-8-20(27-2)21(12-17)28-3)19-6-5-10-26(16-19)15-18-13-23-22(29-4)24-14-18/h7-8,12-14,19H,5-6,9-11,15-16H2,1-4H3. The molecule has 158 valence electrons. The van der Waals surface area contributed by atoms with Crippen molar-refractivity contribution in [2.45, 2.75) is 37.0 Å². The van der Waals surface area contributed by atoms with Crippen LogP contribution in [0.15, 0.2) is 35.7 Å². The highest BCUT2D eigenvalue weighted by Crippen LogP contribution is 2.28. The average Bonchev–Trinajstić information content (AvgIpc) is 2.78. The van der Waals surface area contributed by atoms with Crippen LogP contribution in [0.25, 0.3) is 0 Å². The molecule has 29 heavy (non-hydrogen) atoms. The Kier molecular flexibility index (Phi) is 8.15. The summed E-state index contributed by atoms with van der Waals surface area (Å²) in [6, 6.07) is 6.77. The quantitative estimate of drug-likeness (QED) is 0.459. The third-order valence-corrected chi connectivity index (χ3v) is 6.15. The molecule has 0 bridgehead atoms.